The van der Waals surface area contributed by atoms with E-state index < -0.39 is 0 Å². The molecule has 1 aromatic heterocycles. The van der Waals surface area contributed by atoms with E-state index in [1.165, 1.54) is 11.1 Å². The van der Waals surface area contributed by atoms with Crippen LogP contribution in [0.3, 0.4) is 0 Å². The van der Waals surface area contributed by atoms with Gasteiger partial charge in [0, 0.05) is 43.7 Å². The quantitative estimate of drug-likeness (QED) is 0.836. The number of likely N-dealkylation sites (tertiary alicyclic amines) is 1. The van der Waals surface area contributed by atoms with Crippen molar-refractivity contribution >= 4 is 11.7 Å². The Morgan fingerprint density at radius 3 is 2.86 bits per heavy atom. The second-order valence-electron chi connectivity index (χ2n) is 7.72. The molecule has 0 radical (unpaired) electrons. The van der Waals surface area contributed by atoms with Crippen molar-refractivity contribution in [2.45, 2.75) is 45.1 Å². The summed E-state index contributed by atoms with van der Waals surface area (Å²) in [4.78, 5) is 24.5. The van der Waals surface area contributed by atoms with Crippen molar-refractivity contribution in [3.05, 3.63) is 52.5 Å². The summed E-state index contributed by atoms with van der Waals surface area (Å²) in [5, 5.41) is 6.62. The molecule has 148 valence electrons. The first-order valence-corrected chi connectivity index (χ1v) is 10.4. The van der Waals surface area contributed by atoms with Gasteiger partial charge in [-0.05, 0) is 43.5 Å². The van der Waals surface area contributed by atoms with E-state index in [0.29, 0.717) is 6.54 Å². The lowest BCUT2D eigenvalue weighted by Crippen LogP contribution is -2.29. The molecule has 1 unspecified atom stereocenters. The average molecular weight is 380 g/mol. The second kappa shape index (κ2) is 8.27. The van der Waals surface area contributed by atoms with Crippen molar-refractivity contribution in [2.24, 2.45) is 0 Å². The number of nitrogens with zero attached hydrogens (tertiary/aromatic N) is 3. The Kier molecular flexibility index (Phi) is 5.57. The molecule has 1 aromatic carbocycles. The fourth-order valence-electron chi connectivity index (χ4n) is 4.21. The van der Waals surface area contributed by atoms with Gasteiger partial charge in [-0.25, -0.2) is 9.97 Å². The molecule has 0 aliphatic carbocycles. The summed E-state index contributed by atoms with van der Waals surface area (Å²) in [6, 6.07) is 8.06. The van der Waals surface area contributed by atoms with E-state index in [1.54, 1.807) is 0 Å². The topological polar surface area (TPSA) is 70.2 Å². The zero-order valence-corrected chi connectivity index (χ0v) is 16.8. The number of fused-ring (bicyclic) bond motifs is 1. The summed E-state index contributed by atoms with van der Waals surface area (Å²) in [7, 11) is 1.92. The number of carbonyl (C=O) groups is 1. The van der Waals surface area contributed by atoms with Gasteiger partial charge in [0.15, 0.2) is 0 Å². The molecule has 2 N–H and O–H groups in total. The van der Waals surface area contributed by atoms with Crippen molar-refractivity contribution in [1.29, 1.82) is 0 Å². The number of amides is 1. The lowest BCUT2D eigenvalue weighted by atomic mass is 10.0. The van der Waals surface area contributed by atoms with E-state index in [1.807, 2.05) is 24.1 Å². The summed E-state index contributed by atoms with van der Waals surface area (Å²) in [5.74, 6) is 2.11. The molecule has 1 fully saturated rings. The maximum absolute atomic E-state index is 12.9. The largest absolute Gasteiger partial charge is 0.373 e. The predicted molar refractivity (Wildman–Crippen MR) is 111 cm³/mol. The van der Waals surface area contributed by atoms with E-state index in [9.17, 15) is 4.79 Å². The molecule has 4 rings (SSSR count). The van der Waals surface area contributed by atoms with Crippen LogP contribution in [0.15, 0.2) is 24.3 Å². The van der Waals surface area contributed by atoms with Gasteiger partial charge < -0.3 is 15.5 Å². The van der Waals surface area contributed by atoms with Crippen LogP contribution in [0.25, 0.3) is 0 Å². The van der Waals surface area contributed by atoms with Crippen LogP contribution in [0.1, 0.15) is 58.7 Å². The molecule has 0 saturated carbocycles. The van der Waals surface area contributed by atoms with E-state index in [4.69, 9.17) is 9.97 Å². The summed E-state index contributed by atoms with van der Waals surface area (Å²) in [6.07, 6.45) is 4.04. The lowest BCUT2D eigenvalue weighted by Gasteiger charge is -2.21. The molecule has 0 spiro atoms. The van der Waals surface area contributed by atoms with Crippen molar-refractivity contribution in [2.75, 3.05) is 32.0 Å². The predicted octanol–water partition coefficient (Wildman–Crippen LogP) is 2.75. The van der Waals surface area contributed by atoms with Crippen molar-refractivity contribution < 1.29 is 4.79 Å². The number of rotatable bonds is 5. The zero-order valence-electron chi connectivity index (χ0n) is 16.8. The van der Waals surface area contributed by atoms with Gasteiger partial charge in [-0.1, -0.05) is 25.5 Å². The van der Waals surface area contributed by atoms with Gasteiger partial charge >= 0.3 is 0 Å². The van der Waals surface area contributed by atoms with E-state index in [0.717, 1.165) is 68.2 Å². The number of aryl methyl sites for hydroxylation is 1. The highest BCUT2D eigenvalue weighted by molar-refractivity contribution is 5.94. The molecule has 6 heteroatoms. The number of benzene rings is 1. The Bertz CT molecular complexity index is 832. The van der Waals surface area contributed by atoms with E-state index in [-0.39, 0.29) is 11.8 Å². The molecule has 1 amide bonds. The van der Waals surface area contributed by atoms with Crippen LogP contribution >= 0.6 is 0 Å². The molecule has 2 aliphatic heterocycles. The number of hydrogen-bond donors (Lipinski definition) is 2. The molecule has 0 bridgehead atoms. The highest BCUT2D eigenvalue weighted by Gasteiger charge is 2.31. The monoisotopic (exact) mass is 379 g/mol. The number of aromatic nitrogens is 2. The molecule has 2 aliphatic rings. The van der Waals surface area contributed by atoms with Crippen LogP contribution in [-0.2, 0) is 19.4 Å². The van der Waals surface area contributed by atoms with Gasteiger partial charge in [0.2, 0.25) is 0 Å². The van der Waals surface area contributed by atoms with Gasteiger partial charge in [-0.15, -0.1) is 0 Å². The van der Waals surface area contributed by atoms with E-state index in [2.05, 4.69) is 29.7 Å². The number of nitrogens with one attached hydrogen (secondary N) is 2. The van der Waals surface area contributed by atoms with Crippen LogP contribution < -0.4 is 10.6 Å². The Labute approximate surface area is 166 Å². The number of anilines is 1. The summed E-state index contributed by atoms with van der Waals surface area (Å²) in [5.41, 5.74) is 4.38. The minimum absolute atomic E-state index is 0.110. The standard InChI is InChI=1S/C22H29N5O/c1-3-4-15-5-7-16(8-6-15)22(28)27-12-10-17(14-27)20-25-19-13-24-11-9-18(19)21(23-2)26-20/h5-8,17,24H,3-4,9-14H2,1-2H3,(H,23,25,26). The molecule has 2 aromatic rings. The van der Waals surface area contributed by atoms with E-state index >= 15 is 0 Å². The minimum Gasteiger partial charge on any atom is -0.373 e. The van der Waals surface area contributed by atoms with Crippen molar-refractivity contribution in [1.82, 2.24) is 20.2 Å². The minimum atomic E-state index is 0.110. The van der Waals surface area contributed by atoms with Crippen LogP contribution in [0.4, 0.5) is 5.82 Å². The Morgan fingerprint density at radius 1 is 1.29 bits per heavy atom. The fourth-order valence-corrected chi connectivity index (χ4v) is 4.21. The first kappa shape index (κ1) is 18.9. The molecular formula is C22H29N5O. The third-order valence-corrected chi connectivity index (χ3v) is 5.77. The molecule has 3 heterocycles. The zero-order chi connectivity index (χ0) is 19.5. The van der Waals surface area contributed by atoms with Gasteiger partial charge in [0.05, 0.1) is 5.69 Å². The van der Waals surface area contributed by atoms with Crippen LogP contribution in [0.5, 0.6) is 0 Å². The van der Waals surface area contributed by atoms with Gasteiger partial charge in [-0.2, -0.15) is 0 Å². The van der Waals surface area contributed by atoms with Gasteiger partial charge in [0.25, 0.3) is 5.91 Å². The third kappa shape index (κ3) is 3.74. The SMILES string of the molecule is CCCc1ccc(C(=O)N2CCC(c3nc4c(c(NC)n3)CCNC4)C2)cc1. The summed E-state index contributed by atoms with van der Waals surface area (Å²) >= 11 is 0. The lowest BCUT2D eigenvalue weighted by molar-refractivity contribution is 0.0790. The van der Waals surface area contributed by atoms with Crippen molar-refractivity contribution in [3.8, 4) is 0 Å². The maximum Gasteiger partial charge on any atom is 0.253 e. The summed E-state index contributed by atoms with van der Waals surface area (Å²) in [6.45, 7) is 5.37. The first-order chi connectivity index (χ1) is 13.7. The highest BCUT2D eigenvalue weighted by atomic mass is 16.2. The van der Waals surface area contributed by atoms with Crippen LogP contribution in [0, 0.1) is 0 Å². The number of hydrogen-bond acceptors (Lipinski definition) is 5. The van der Waals surface area contributed by atoms with Crippen LogP contribution in [0.2, 0.25) is 0 Å². The highest BCUT2D eigenvalue weighted by Crippen LogP contribution is 2.29. The Morgan fingerprint density at radius 2 is 2.11 bits per heavy atom. The summed E-state index contributed by atoms with van der Waals surface area (Å²) < 4.78 is 0. The normalized spacial score (nSPS) is 18.8. The molecule has 1 atom stereocenters. The molecule has 28 heavy (non-hydrogen) atoms. The first-order valence-electron chi connectivity index (χ1n) is 10.4. The Hall–Kier alpha value is -2.47. The fraction of sp³-hybridized carbons (Fsp3) is 0.500. The average Bonchev–Trinajstić information content (AvgIpc) is 3.23. The Balaban J connectivity index is 1.48. The molecular weight excluding hydrogens is 350 g/mol. The smallest absolute Gasteiger partial charge is 0.253 e. The van der Waals surface area contributed by atoms with Gasteiger partial charge in [-0.3, -0.25) is 4.79 Å². The maximum atomic E-state index is 12.9. The number of carbonyl (C=O) groups excluding carboxylic acids is 1. The molecule has 1 saturated heterocycles. The van der Waals surface area contributed by atoms with Crippen LogP contribution in [-0.4, -0.2) is 47.5 Å². The van der Waals surface area contributed by atoms with Crippen molar-refractivity contribution in [3.63, 3.8) is 0 Å². The molecule has 6 nitrogen and oxygen atoms in total. The third-order valence-electron chi connectivity index (χ3n) is 5.77. The van der Waals surface area contributed by atoms with Gasteiger partial charge in [0.1, 0.15) is 11.6 Å². The second-order valence-corrected chi connectivity index (χ2v) is 7.72.